The Morgan fingerprint density at radius 1 is 1.31 bits per heavy atom. The SMILES string of the molecule is CCn1cc(COc2ccccc2C)cn1. The average molecular weight is 216 g/mol. The molecule has 2 rings (SSSR count). The van der Waals surface area contributed by atoms with E-state index in [4.69, 9.17) is 4.74 Å². The molecule has 0 aliphatic heterocycles. The Morgan fingerprint density at radius 3 is 2.81 bits per heavy atom. The first-order valence-electron chi connectivity index (χ1n) is 5.49. The molecule has 2 aromatic rings. The highest BCUT2D eigenvalue weighted by Gasteiger charge is 2.00. The summed E-state index contributed by atoms with van der Waals surface area (Å²) in [6, 6.07) is 8.03. The van der Waals surface area contributed by atoms with Gasteiger partial charge in [0.2, 0.25) is 0 Å². The van der Waals surface area contributed by atoms with Crippen molar-refractivity contribution in [2.45, 2.75) is 27.0 Å². The molecule has 0 aliphatic rings. The lowest BCUT2D eigenvalue weighted by Gasteiger charge is -2.06. The van der Waals surface area contributed by atoms with Crippen LogP contribution in [0.3, 0.4) is 0 Å². The van der Waals surface area contributed by atoms with Gasteiger partial charge in [-0.25, -0.2) is 0 Å². The van der Waals surface area contributed by atoms with Crippen molar-refractivity contribution >= 4 is 0 Å². The summed E-state index contributed by atoms with van der Waals surface area (Å²) in [7, 11) is 0. The second kappa shape index (κ2) is 4.84. The summed E-state index contributed by atoms with van der Waals surface area (Å²) in [5.74, 6) is 0.937. The van der Waals surface area contributed by atoms with Crippen molar-refractivity contribution in [2.24, 2.45) is 0 Å². The van der Waals surface area contributed by atoms with Crippen molar-refractivity contribution in [2.75, 3.05) is 0 Å². The fourth-order valence-corrected chi connectivity index (χ4v) is 1.53. The zero-order valence-electron chi connectivity index (χ0n) is 9.68. The fraction of sp³-hybridized carbons (Fsp3) is 0.308. The van der Waals surface area contributed by atoms with E-state index >= 15 is 0 Å². The molecule has 0 unspecified atom stereocenters. The van der Waals surface area contributed by atoms with E-state index in [9.17, 15) is 0 Å². The van der Waals surface area contributed by atoms with Gasteiger partial charge in [0.05, 0.1) is 6.20 Å². The predicted octanol–water partition coefficient (Wildman–Crippen LogP) is 2.79. The van der Waals surface area contributed by atoms with Crippen LogP contribution in [0.25, 0.3) is 0 Å². The predicted molar refractivity (Wildman–Crippen MR) is 63.4 cm³/mol. The Bertz CT molecular complexity index is 462. The molecule has 0 N–H and O–H groups in total. The van der Waals surface area contributed by atoms with Crippen LogP contribution in [-0.2, 0) is 13.2 Å². The molecule has 1 aromatic carbocycles. The van der Waals surface area contributed by atoms with Crippen LogP contribution in [0.4, 0.5) is 0 Å². The highest BCUT2D eigenvalue weighted by atomic mass is 16.5. The quantitative estimate of drug-likeness (QED) is 0.785. The first-order valence-corrected chi connectivity index (χ1v) is 5.49. The molecule has 0 amide bonds. The number of ether oxygens (including phenoxy) is 1. The highest BCUT2D eigenvalue weighted by molar-refractivity contribution is 5.31. The zero-order chi connectivity index (χ0) is 11.4. The average Bonchev–Trinajstić information content (AvgIpc) is 2.76. The van der Waals surface area contributed by atoms with Crippen molar-refractivity contribution in [3.05, 3.63) is 47.8 Å². The summed E-state index contributed by atoms with van der Waals surface area (Å²) in [5.41, 5.74) is 2.26. The molecule has 0 atom stereocenters. The van der Waals surface area contributed by atoms with Crippen molar-refractivity contribution in [3.63, 3.8) is 0 Å². The number of benzene rings is 1. The minimum absolute atomic E-state index is 0.574. The number of aryl methyl sites for hydroxylation is 2. The zero-order valence-corrected chi connectivity index (χ0v) is 9.68. The second-order valence-corrected chi connectivity index (χ2v) is 3.76. The van der Waals surface area contributed by atoms with E-state index in [-0.39, 0.29) is 0 Å². The molecular formula is C13H16N2O. The Kier molecular flexibility index (Phi) is 3.25. The topological polar surface area (TPSA) is 27.1 Å². The number of rotatable bonds is 4. The minimum atomic E-state index is 0.574. The number of aromatic nitrogens is 2. The maximum Gasteiger partial charge on any atom is 0.122 e. The van der Waals surface area contributed by atoms with Crippen molar-refractivity contribution in [1.82, 2.24) is 9.78 Å². The molecule has 0 spiro atoms. The monoisotopic (exact) mass is 216 g/mol. The Hall–Kier alpha value is -1.77. The van der Waals surface area contributed by atoms with Crippen LogP contribution in [0.2, 0.25) is 0 Å². The molecule has 3 heteroatoms. The van der Waals surface area contributed by atoms with E-state index in [1.54, 1.807) is 0 Å². The summed E-state index contributed by atoms with van der Waals surface area (Å²) >= 11 is 0. The molecule has 0 bridgehead atoms. The fourth-order valence-electron chi connectivity index (χ4n) is 1.53. The molecule has 0 aliphatic carbocycles. The molecule has 0 fully saturated rings. The van der Waals surface area contributed by atoms with E-state index in [1.807, 2.05) is 48.3 Å². The van der Waals surface area contributed by atoms with Crippen molar-refractivity contribution < 1.29 is 4.74 Å². The van der Waals surface area contributed by atoms with Crippen LogP contribution in [-0.4, -0.2) is 9.78 Å². The molecule has 0 saturated carbocycles. The summed E-state index contributed by atoms with van der Waals surface area (Å²) in [5, 5.41) is 4.21. The lowest BCUT2D eigenvalue weighted by molar-refractivity contribution is 0.304. The Labute approximate surface area is 95.7 Å². The molecule has 3 nitrogen and oxygen atoms in total. The first kappa shape index (κ1) is 10.7. The summed E-state index contributed by atoms with van der Waals surface area (Å²) in [6.07, 6.45) is 3.86. The van der Waals surface area contributed by atoms with Crippen LogP contribution in [0.5, 0.6) is 5.75 Å². The normalized spacial score (nSPS) is 10.4. The van der Waals surface area contributed by atoms with Gasteiger partial charge in [0.1, 0.15) is 12.4 Å². The largest absolute Gasteiger partial charge is 0.489 e. The van der Waals surface area contributed by atoms with Gasteiger partial charge in [-0.15, -0.1) is 0 Å². The van der Waals surface area contributed by atoms with Gasteiger partial charge in [0.15, 0.2) is 0 Å². The van der Waals surface area contributed by atoms with Crippen LogP contribution in [0.1, 0.15) is 18.1 Å². The Balaban J connectivity index is 1.99. The maximum atomic E-state index is 5.73. The molecule has 16 heavy (non-hydrogen) atoms. The Morgan fingerprint density at radius 2 is 2.12 bits per heavy atom. The molecule has 0 radical (unpaired) electrons. The van der Waals surface area contributed by atoms with Gasteiger partial charge in [-0.2, -0.15) is 5.10 Å². The molecular weight excluding hydrogens is 200 g/mol. The second-order valence-electron chi connectivity index (χ2n) is 3.76. The van der Waals surface area contributed by atoms with E-state index in [0.717, 1.165) is 23.4 Å². The van der Waals surface area contributed by atoms with Gasteiger partial charge in [-0.05, 0) is 25.5 Å². The highest BCUT2D eigenvalue weighted by Crippen LogP contribution is 2.17. The van der Waals surface area contributed by atoms with Gasteiger partial charge in [0.25, 0.3) is 0 Å². The number of para-hydroxylation sites is 1. The van der Waals surface area contributed by atoms with Gasteiger partial charge in [0, 0.05) is 18.3 Å². The molecule has 1 heterocycles. The van der Waals surface area contributed by atoms with Crippen LogP contribution >= 0.6 is 0 Å². The molecule has 1 aromatic heterocycles. The number of hydrogen-bond acceptors (Lipinski definition) is 2. The van der Waals surface area contributed by atoms with E-state index in [1.165, 1.54) is 0 Å². The number of hydrogen-bond donors (Lipinski definition) is 0. The van der Waals surface area contributed by atoms with Gasteiger partial charge in [-0.1, -0.05) is 18.2 Å². The van der Waals surface area contributed by atoms with Gasteiger partial charge in [-0.3, -0.25) is 4.68 Å². The van der Waals surface area contributed by atoms with E-state index in [0.29, 0.717) is 6.61 Å². The maximum absolute atomic E-state index is 5.73. The lowest BCUT2D eigenvalue weighted by Crippen LogP contribution is -1.96. The third kappa shape index (κ3) is 2.42. The standard InChI is InChI=1S/C13H16N2O/c1-3-15-9-12(8-14-15)10-16-13-7-5-4-6-11(13)2/h4-9H,3,10H2,1-2H3. The summed E-state index contributed by atoms with van der Waals surface area (Å²) < 4.78 is 7.63. The van der Waals surface area contributed by atoms with Crippen molar-refractivity contribution in [1.29, 1.82) is 0 Å². The van der Waals surface area contributed by atoms with Crippen LogP contribution in [0.15, 0.2) is 36.7 Å². The first-order chi connectivity index (χ1) is 7.79. The van der Waals surface area contributed by atoms with Crippen LogP contribution < -0.4 is 4.74 Å². The smallest absolute Gasteiger partial charge is 0.122 e. The van der Waals surface area contributed by atoms with Crippen molar-refractivity contribution in [3.8, 4) is 5.75 Å². The lowest BCUT2D eigenvalue weighted by atomic mass is 10.2. The minimum Gasteiger partial charge on any atom is -0.489 e. The third-order valence-corrected chi connectivity index (χ3v) is 2.50. The van der Waals surface area contributed by atoms with Gasteiger partial charge < -0.3 is 4.74 Å². The van der Waals surface area contributed by atoms with Gasteiger partial charge >= 0.3 is 0 Å². The van der Waals surface area contributed by atoms with E-state index in [2.05, 4.69) is 12.0 Å². The molecule has 0 saturated heterocycles. The molecule has 84 valence electrons. The van der Waals surface area contributed by atoms with Crippen LogP contribution in [0, 0.1) is 6.92 Å². The number of nitrogens with zero attached hydrogens (tertiary/aromatic N) is 2. The third-order valence-electron chi connectivity index (χ3n) is 2.50. The summed E-state index contributed by atoms with van der Waals surface area (Å²) in [4.78, 5) is 0. The van der Waals surface area contributed by atoms with E-state index < -0.39 is 0 Å². The summed E-state index contributed by atoms with van der Waals surface area (Å²) in [6.45, 7) is 5.58.